The Labute approximate surface area is 145 Å². The summed E-state index contributed by atoms with van der Waals surface area (Å²) in [7, 11) is 1.35. The van der Waals surface area contributed by atoms with Gasteiger partial charge in [0, 0.05) is 18.3 Å². The number of halogens is 3. The van der Waals surface area contributed by atoms with Gasteiger partial charge in [-0.25, -0.2) is 0 Å². The molecular weight excluding hydrogens is 353 g/mol. The zero-order valence-electron chi connectivity index (χ0n) is 13.3. The topological polar surface area (TPSA) is 75.7 Å². The number of amides is 3. The summed E-state index contributed by atoms with van der Waals surface area (Å²) in [6.45, 7) is 0. The number of nitrogens with one attached hydrogen (secondary N) is 1. The highest BCUT2D eigenvalue weighted by molar-refractivity contribution is 6.21. The SMILES string of the molecule is CN1C(=O)c2ccc(NC(=O)c3ccc(OC(F)(F)F)cc3)cc2C1=O. The minimum absolute atomic E-state index is 0.0968. The number of carbonyl (C=O) groups is 3. The van der Waals surface area contributed by atoms with Gasteiger partial charge < -0.3 is 10.1 Å². The van der Waals surface area contributed by atoms with E-state index in [1.54, 1.807) is 0 Å². The smallest absolute Gasteiger partial charge is 0.406 e. The van der Waals surface area contributed by atoms with Crippen LogP contribution in [-0.2, 0) is 0 Å². The molecule has 26 heavy (non-hydrogen) atoms. The van der Waals surface area contributed by atoms with Gasteiger partial charge in [-0.3, -0.25) is 19.3 Å². The molecule has 0 fully saturated rings. The number of hydrogen-bond acceptors (Lipinski definition) is 4. The van der Waals surface area contributed by atoms with Gasteiger partial charge >= 0.3 is 6.36 Å². The summed E-state index contributed by atoms with van der Waals surface area (Å²) in [6, 6.07) is 8.64. The maximum atomic E-state index is 12.2. The lowest BCUT2D eigenvalue weighted by Gasteiger charge is -2.10. The number of hydrogen-bond donors (Lipinski definition) is 1. The van der Waals surface area contributed by atoms with E-state index in [-0.39, 0.29) is 22.4 Å². The van der Waals surface area contributed by atoms with Crippen LogP contribution < -0.4 is 10.1 Å². The molecule has 0 aliphatic carbocycles. The van der Waals surface area contributed by atoms with Crippen molar-refractivity contribution in [2.75, 3.05) is 12.4 Å². The average molecular weight is 364 g/mol. The zero-order chi connectivity index (χ0) is 19.1. The fourth-order valence-electron chi connectivity index (χ4n) is 2.45. The Kier molecular flexibility index (Phi) is 4.15. The average Bonchev–Trinajstić information content (AvgIpc) is 2.78. The lowest BCUT2D eigenvalue weighted by molar-refractivity contribution is -0.274. The number of imide groups is 1. The molecule has 134 valence electrons. The van der Waals surface area contributed by atoms with Crippen LogP contribution in [0.4, 0.5) is 18.9 Å². The molecule has 9 heteroatoms. The highest BCUT2D eigenvalue weighted by Crippen LogP contribution is 2.26. The van der Waals surface area contributed by atoms with Gasteiger partial charge in [-0.15, -0.1) is 13.2 Å². The molecule has 1 aliphatic rings. The molecule has 3 rings (SSSR count). The van der Waals surface area contributed by atoms with Gasteiger partial charge in [-0.1, -0.05) is 0 Å². The summed E-state index contributed by atoms with van der Waals surface area (Å²) in [5.41, 5.74) is 0.786. The Morgan fingerprint density at radius 3 is 2.23 bits per heavy atom. The lowest BCUT2D eigenvalue weighted by atomic mass is 10.1. The van der Waals surface area contributed by atoms with Crippen LogP contribution in [0.3, 0.4) is 0 Å². The molecular formula is C17H11F3N2O4. The number of fused-ring (bicyclic) bond motifs is 1. The number of rotatable bonds is 3. The van der Waals surface area contributed by atoms with E-state index < -0.39 is 29.8 Å². The van der Waals surface area contributed by atoms with E-state index in [9.17, 15) is 27.6 Å². The van der Waals surface area contributed by atoms with Crippen LogP contribution in [0.2, 0.25) is 0 Å². The summed E-state index contributed by atoms with van der Waals surface area (Å²) in [6.07, 6.45) is -4.81. The number of benzene rings is 2. The molecule has 3 amide bonds. The highest BCUT2D eigenvalue weighted by Gasteiger charge is 2.33. The molecule has 0 spiro atoms. The Balaban J connectivity index is 1.75. The van der Waals surface area contributed by atoms with Crippen LogP contribution in [-0.4, -0.2) is 36.0 Å². The quantitative estimate of drug-likeness (QED) is 0.850. The third kappa shape index (κ3) is 3.37. The van der Waals surface area contributed by atoms with Crippen molar-refractivity contribution >= 4 is 23.4 Å². The van der Waals surface area contributed by atoms with Crippen LogP contribution in [0.25, 0.3) is 0 Å². The Morgan fingerprint density at radius 1 is 1.00 bits per heavy atom. The van der Waals surface area contributed by atoms with Gasteiger partial charge in [0.25, 0.3) is 17.7 Å². The largest absolute Gasteiger partial charge is 0.573 e. The van der Waals surface area contributed by atoms with E-state index in [4.69, 9.17) is 0 Å². The number of nitrogens with zero attached hydrogens (tertiary/aromatic N) is 1. The normalized spacial score (nSPS) is 13.6. The van der Waals surface area contributed by atoms with Gasteiger partial charge in [0.15, 0.2) is 0 Å². The van der Waals surface area contributed by atoms with Crippen LogP contribution >= 0.6 is 0 Å². The third-order valence-corrected chi connectivity index (χ3v) is 3.70. The van der Waals surface area contributed by atoms with Crippen LogP contribution in [0, 0.1) is 0 Å². The first-order valence-electron chi connectivity index (χ1n) is 7.29. The van der Waals surface area contributed by atoms with E-state index in [2.05, 4.69) is 10.1 Å². The van der Waals surface area contributed by atoms with E-state index in [0.29, 0.717) is 0 Å². The Bertz CT molecular complexity index is 907. The molecule has 0 atom stereocenters. The molecule has 0 unspecified atom stereocenters. The minimum Gasteiger partial charge on any atom is -0.406 e. The number of carbonyl (C=O) groups excluding carboxylic acids is 3. The predicted octanol–water partition coefficient (Wildman–Crippen LogP) is 3.06. The molecule has 0 saturated carbocycles. The van der Waals surface area contributed by atoms with Crippen molar-refractivity contribution < 1.29 is 32.3 Å². The van der Waals surface area contributed by atoms with Gasteiger partial charge in [0.1, 0.15) is 5.75 Å². The van der Waals surface area contributed by atoms with E-state index >= 15 is 0 Å². The standard InChI is InChI=1S/C17H11F3N2O4/c1-22-15(24)12-7-4-10(8-13(12)16(22)25)21-14(23)9-2-5-11(6-3-9)26-17(18,19)20/h2-8H,1H3,(H,21,23). The second-order valence-corrected chi connectivity index (χ2v) is 5.46. The molecule has 0 radical (unpaired) electrons. The van der Waals surface area contributed by atoms with Crippen molar-refractivity contribution in [2.24, 2.45) is 0 Å². The van der Waals surface area contributed by atoms with Crippen molar-refractivity contribution in [3.63, 3.8) is 0 Å². The molecule has 2 aromatic carbocycles. The highest BCUT2D eigenvalue weighted by atomic mass is 19.4. The van der Waals surface area contributed by atoms with Crippen LogP contribution in [0.5, 0.6) is 5.75 Å². The maximum absolute atomic E-state index is 12.2. The Hall–Kier alpha value is -3.36. The van der Waals surface area contributed by atoms with Crippen molar-refractivity contribution in [1.29, 1.82) is 0 Å². The summed E-state index contributed by atoms with van der Waals surface area (Å²) >= 11 is 0. The maximum Gasteiger partial charge on any atom is 0.573 e. The van der Waals surface area contributed by atoms with Crippen LogP contribution in [0.1, 0.15) is 31.1 Å². The number of anilines is 1. The van der Waals surface area contributed by atoms with Gasteiger partial charge in [-0.2, -0.15) is 0 Å². The molecule has 2 aromatic rings. The van der Waals surface area contributed by atoms with Crippen molar-refractivity contribution in [3.05, 3.63) is 59.2 Å². The summed E-state index contributed by atoms with van der Waals surface area (Å²) < 4.78 is 40.1. The monoisotopic (exact) mass is 364 g/mol. The van der Waals surface area contributed by atoms with E-state index in [0.717, 1.165) is 17.0 Å². The number of alkyl halides is 3. The minimum atomic E-state index is -4.81. The first kappa shape index (κ1) is 17.5. The van der Waals surface area contributed by atoms with E-state index in [1.807, 2.05) is 0 Å². The summed E-state index contributed by atoms with van der Waals surface area (Å²) in [4.78, 5) is 36.9. The fraction of sp³-hybridized carbons (Fsp3) is 0.118. The Morgan fingerprint density at radius 2 is 1.62 bits per heavy atom. The van der Waals surface area contributed by atoms with Gasteiger partial charge in [-0.05, 0) is 42.5 Å². The van der Waals surface area contributed by atoms with Gasteiger partial charge in [0.2, 0.25) is 0 Å². The molecule has 0 saturated heterocycles. The lowest BCUT2D eigenvalue weighted by Crippen LogP contribution is -2.24. The van der Waals surface area contributed by atoms with Crippen LogP contribution in [0.15, 0.2) is 42.5 Å². The van der Waals surface area contributed by atoms with E-state index in [1.165, 1.54) is 37.4 Å². The number of ether oxygens (including phenoxy) is 1. The molecule has 1 N–H and O–H groups in total. The zero-order valence-corrected chi connectivity index (χ0v) is 13.3. The molecule has 1 heterocycles. The third-order valence-electron chi connectivity index (χ3n) is 3.70. The first-order chi connectivity index (χ1) is 12.2. The second-order valence-electron chi connectivity index (χ2n) is 5.46. The van der Waals surface area contributed by atoms with Crippen molar-refractivity contribution in [3.8, 4) is 5.75 Å². The molecule has 0 aromatic heterocycles. The van der Waals surface area contributed by atoms with Crippen molar-refractivity contribution in [1.82, 2.24) is 4.90 Å². The molecule has 6 nitrogen and oxygen atoms in total. The predicted molar refractivity (Wildman–Crippen MR) is 83.9 cm³/mol. The molecule has 1 aliphatic heterocycles. The summed E-state index contributed by atoms with van der Waals surface area (Å²) in [5.74, 6) is -1.94. The van der Waals surface area contributed by atoms with Gasteiger partial charge in [0.05, 0.1) is 11.1 Å². The first-order valence-corrected chi connectivity index (χ1v) is 7.29. The molecule has 0 bridgehead atoms. The second kappa shape index (κ2) is 6.17. The fourth-order valence-corrected chi connectivity index (χ4v) is 2.45. The van der Waals surface area contributed by atoms with Crippen molar-refractivity contribution in [2.45, 2.75) is 6.36 Å². The summed E-state index contributed by atoms with van der Waals surface area (Å²) in [5, 5.41) is 2.52.